The van der Waals surface area contributed by atoms with Crippen molar-refractivity contribution in [3.8, 4) is 0 Å². The SMILES string of the molecule is Cc1ccc(C(=O)N2C=C(C(=O)OC(C)C)c3n[nH]c(C(F)(F)F)c3C(C)(C)C2)cc1C. The van der Waals surface area contributed by atoms with Crippen LogP contribution in [0.2, 0.25) is 0 Å². The standard InChI is InChI=1S/C23H26F3N3O3/c1-12(2)32-21(31)16-10-29(20(30)15-8-7-13(3)14(4)9-15)11-22(5,6)17-18(16)27-28-19(17)23(24,25)26/h7-10,12H,11H2,1-6H3,(H,27,28). The Morgan fingerprint density at radius 1 is 1.19 bits per heavy atom. The number of amides is 1. The van der Waals surface area contributed by atoms with Crippen LogP contribution in [0.3, 0.4) is 0 Å². The van der Waals surface area contributed by atoms with E-state index in [-0.39, 0.29) is 23.4 Å². The summed E-state index contributed by atoms with van der Waals surface area (Å²) in [5.74, 6) is -1.28. The molecule has 6 nitrogen and oxygen atoms in total. The fraction of sp³-hybridized carbons (Fsp3) is 0.435. The molecule has 1 aromatic heterocycles. The number of carbonyl (C=O) groups excluding carboxylic acids is 2. The van der Waals surface area contributed by atoms with Crippen LogP contribution in [0.25, 0.3) is 5.57 Å². The van der Waals surface area contributed by atoms with Crippen LogP contribution < -0.4 is 0 Å². The number of halogens is 3. The van der Waals surface area contributed by atoms with Gasteiger partial charge in [-0.25, -0.2) is 4.79 Å². The summed E-state index contributed by atoms with van der Waals surface area (Å²) in [7, 11) is 0. The van der Waals surface area contributed by atoms with Gasteiger partial charge in [0.2, 0.25) is 0 Å². The first-order valence-electron chi connectivity index (χ1n) is 10.2. The highest BCUT2D eigenvalue weighted by Gasteiger charge is 2.46. The molecule has 9 heteroatoms. The maximum Gasteiger partial charge on any atom is 0.433 e. The fourth-order valence-electron chi connectivity index (χ4n) is 3.77. The summed E-state index contributed by atoms with van der Waals surface area (Å²) >= 11 is 0. The Kier molecular flexibility index (Phi) is 5.97. The van der Waals surface area contributed by atoms with Crippen LogP contribution in [0.4, 0.5) is 13.2 Å². The molecule has 0 bridgehead atoms. The minimum absolute atomic E-state index is 0.0904. The first kappa shape index (κ1) is 23.6. The van der Waals surface area contributed by atoms with Gasteiger partial charge >= 0.3 is 12.1 Å². The van der Waals surface area contributed by atoms with Crippen molar-refractivity contribution in [2.24, 2.45) is 0 Å². The second-order valence-corrected chi connectivity index (χ2v) is 8.93. The molecule has 32 heavy (non-hydrogen) atoms. The van der Waals surface area contributed by atoms with E-state index in [2.05, 4.69) is 5.10 Å². The number of fused-ring (bicyclic) bond motifs is 1. The quantitative estimate of drug-likeness (QED) is 0.685. The number of aromatic amines is 1. The summed E-state index contributed by atoms with van der Waals surface area (Å²) in [4.78, 5) is 27.4. The molecular weight excluding hydrogens is 423 g/mol. The second kappa shape index (κ2) is 8.11. The fourth-order valence-corrected chi connectivity index (χ4v) is 3.77. The van der Waals surface area contributed by atoms with Gasteiger partial charge in [0.15, 0.2) is 0 Å². The van der Waals surface area contributed by atoms with Gasteiger partial charge in [-0.2, -0.15) is 18.3 Å². The van der Waals surface area contributed by atoms with Crippen molar-refractivity contribution in [1.29, 1.82) is 0 Å². The van der Waals surface area contributed by atoms with E-state index in [0.717, 1.165) is 11.1 Å². The second-order valence-electron chi connectivity index (χ2n) is 8.93. The number of ether oxygens (including phenoxy) is 1. The van der Waals surface area contributed by atoms with Gasteiger partial charge in [-0.3, -0.25) is 9.89 Å². The summed E-state index contributed by atoms with van der Waals surface area (Å²) in [6, 6.07) is 5.18. The normalized spacial score (nSPS) is 15.8. The van der Waals surface area contributed by atoms with Crippen molar-refractivity contribution in [2.75, 3.05) is 6.54 Å². The third kappa shape index (κ3) is 4.42. The number of H-pyrrole nitrogens is 1. The van der Waals surface area contributed by atoms with Crippen LogP contribution in [0.15, 0.2) is 24.4 Å². The number of carbonyl (C=O) groups is 2. The first-order valence-corrected chi connectivity index (χ1v) is 10.2. The van der Waals surface area contributed by atoms with Gasteiger partial charge in [-0.05, 0) is 51.0 Å². The Bertz CT molecular complexity index is 1100. The Morgan fingerprint density at radius 2 is 1.84 bits per heavy atom. The summed E-state index contributed by atoms with van der Waals surface area (Å²) in [5, 5.41) is 5.87. The third-order valence-corrected chi connectivity index (χ3v) is 5.41. The largest absolute Gasteiger partial charge is 0.459 e. The van der Waals surface area contributed by atoms with E-state index in [9.17, 15) is 22.8 Å². The lowest BCUT2D eigenvalue weighted by molar-refractivity contribution is -0.142. The predicted molar refractivity (Wildman–Crippen MR) is 113 cm³/mol. The molecule has 0 saturated carbocycles. The van der Waals surface area contributed by atoms with Crippen molar-refractivity contribution >= 4 is 17.4 Å². The zero-order valence-corrected chi connectivity index (χ0v) is 18.8. The molecule has 172 valence electrons. The third-order valence-electron chi connectivity index (χ3n) is 5.41. The van der Waals surface area contributed by atoms with Gasteiger partial charge in [0.25, 0.3) is 5.91 Å². The molecule has 0 aliphatic carbocycles. The molecular formula is C23H26F3N3O3. The molecule has 1 N–H and O–H groups in total. The lowest BCUT2D eigenvalue weighted by atomic mass is 9.81. The van der Waals surface area contributed by atoms with Gasteiger partial charge in [0.1, 0.15) is 17.0 Å². The van der Waals surface area contributed by atoms with E-state index >= 15 is 0 Å². The van der Waals surface area contributed by atoms with E-state index in [1.807, 2.05) is 18.9 Å². The number of benzene rings is 1. The maximum atomic E-state index is 13.7. The highest BCUT2D eigenvalue weighted by atomic mass is 19.4. The van der Waals surface area contributed by atoms with Gasteiger partial charge in [0.05, 0.1) is 6.10 Å². The molecule has 0 saturated heterocycles. The highest BCUT2D eigenvalue weighted by Crippen LogP contribution is 2.42. The maximum absolute atomic E-state index is 13.7. The zero-order chi connectivity index (χ0) is 24.0. The molecule has 1 amide bonds. The highest BCUT2D eigenvalue weighted by molar-refractivity contribution is 6.17. The van der Waals surface area contributed by atoms with Crippen LogP contribution in [-0.4, -0.2) is 39.6 Å². The molecule has 1 aromatic carbocycles. The molecule has 3 rings (SSSR count). The molecule has 0 unspecified atom stereocenters. The van der Waals surface area contributed by atoms with Crippen LogP contribution >= 0.6 is 0 Å². The van der Waals surface area contributed by atoms with Crippen LogP contribution in [0, 0.1) is 13.8 Å². The predicted octanol–water partition coefficient (Wildman–Crippen LogP) is 4.77. The topological polar surface area (TPSA) is 75.3 Å². The van der Waals surface area contributed by atoms with Crippen molar-refractivity contribution in [1.82, 2.24) is 15.1 Å². The van der Waals surface area contributed by atoms with Gasteiger partial charge in [0, 0.05) is 29.3 Å². The zero-order valence-electron chi connectivity index (χ0n) is 18.8. The molecule has 0 spiro atoms. The molecule has 2 aromatic rings. The number of hydrogen-bond donors (Lipinski definition) is 1. The van der Waals surface area contributed by atoms with E-state index in [1.165, 1.54) is 11.1 Å². The average Bonchev–Trinajstić information content (AvgIpc) is 3.08. The van der Waals surface area contributed by atoms with E-state index in [0.29, 0.717) is 5.56 Å². The average molecular weight is 449 g/mol. The first-order chi connectivity index (χ1) is 14.7. The number of nitrogens with zero attached hydrogens (tertiary/aromatic N) is 2. The van der Waals surface area contributed by atoms with Crippen LogP contribution in [0.5, 0.6) is 0 Å². The van der Waals surface area contributed by atoms with E-state index in [4.69, 9.17) is 4.74 Å². The van der Waals surface area contributed by atoms with Gasteiger partial charge < -0.3 is 9.64 Å². The Morgan fingerprint density at radius 3 is 2.41 bits per heavy atom. The minimum atomic E-state index is -4.71. The van der Waals surface area contributed by atoms with Crippen molar-refractivity contribution in [2.45, 2.75) is 59.2 Å². The van der Waals surface area contributed by atoms with Crippen LogP contribution in [-0.2, 0) is 21.1 Å². The lowest BCUT2D eigenvalue weighted by Gasteiger charge is -2.30. The Balaban J connectivity index is 2.18. The molecule has 1 aliphatic rings. The lowest BCUT2D eigenvalue weighted by Crippen LogP contribution is -2.38. The minimum Gasteiger partial charge on any atom is -0.459 e. The number of hydrogen-bond acceptors (Lipinski definition) is 4. The van der Waals surface area contributed by atoms with E-state index < -0.39 is 35.3 Å². The number of rotatable bonds is 3. The number of nitrogens with one attached hydrogen (secondary N) is 1. The number of aryl methyl sites for hydroxylation is 2. The Labute approximate surface area is 184 Å². The molecule has 0 atom stereocenters. The van der Waals surface area contributed by atoms with Gasteiger partial charge in [-0.15, -0.1) is 0 Å². The number of alkyl halides is 3. The summed E-state index contributed by atoms with van der Waals surface area (Å²) in [6.45, 7) is 10.1. The molecule has 0 radical (unpaired) electrons. The molecule has 0 fully saturated rings. The van der Waals surface area contributed by atoms with Crippen molar-refractivity contribution < 1.29 is 27.5 Å². The Hall–Kier alpha value is -3.10. The van der Waals surface area contributed by atoms with Gasteiger partial charge in [-0.1, -0.05) is 19.9 Å². The van der Waals surface area contributed by atoms with Crippen molar-refractivity contribution in [3.63, 3.8) is 0 Å². The summed E-state index contributed by atoms with van der Waals surface area (Å²) < 4.78 is 46.5. The summed E-state index contributed by atoms with van der Waals surface area (Å²) in [5.41, 5.74) is -0.474. The summed E-state index contributed by atoms with van der Waals surface area (Å²) in [6.07, 6.45) is -3.97. The van der Waals surface area contributed by atoms with Crippen LogP contribution in [0.1, 0.15) is 66.1 Å². The van der Waals surface area contributed by atoms with E-state index in [1.54, 1.807) is 45.9 Å². The number of esters is 1. The van der Waals surface area contributed by atoms with Crippen molar-refractivity contribution in [3.05, 3.63) is 58.0 Å². The monoisotopic (exact) mass is 449 g/mol. The molecule has 1 aliphatic heterocycles. The molecule has 2 heterocycles. The number of aromatic nitrogens is 2. The smallest absolute Gasteiger partial charge is 0.433 e.